The first-order valence-electron chi connectivity index (χ1n) is 2.49. The van der Waals surface area contributed by atoms with Crippen LogP contribution >= 0.6 is 11.6 Å². The lowest BCUT2D eigenvalue weighted by Gasteiger charge is -1.95. The zero-order valence-electron chi connectivity index (χ0n) is 4.59. The smallest absolute Gasteiger partial charge is 0.200 e. The van der Waals surface area contributed by atoms with Gasteiger partial charge in [-0.05, 0) is 6.07 Å². The van der Waals surface area contributed by atoms with Crippen LogP contribution in [-0.2, 0) is 0 Å². The molecule has 9 heavy (non-hydrogen) atoms. The van der Waals surface area contributed by atoms with Crippen LogP contribution in [0.3, 0.4) is 0 Å². The van der Waals surface area contributed by atoms with Crippen LogP contribution in [0.4, 0.5) is 4.39 Å². The summed E-state index contributed by atoms with van der Waals surface area (Å²) in [6.45, 7) is 0. The maximum absolute atomic E-state index is 12.2. The van der Waals surface area contributed by atoms with Gasteiger partial charge >= 0.3 is 0 Å². The number of halogens is 2. The standard InChI is InChI=1S/C6H5ClFN/c7-6(8)5-2-1-3-9-4-5/h1-4,6H. The Hall–Kier alpha value is -0.630. The number of pyridine rings is 1. The van der Waals surface area contributed by atoms with Crippen molar-refractivity contribution in [3.63, 3.8) is 0 Å². The summed E-state index contributed by atoms with van der Waals surface area (Å²) >= 11 is 5.10. The fraction of sp³-hybridized carbons (Fsp3) is 0.167. The zero-order chi connectivity index (χ0) is 6.69. The molecule has 0 bridgehead atoms. The highest BCUT2D eigenvalue weighted by Gasteiger charge is 2.01. The molecule has 1 unspecified atom stereocenters. The molecule has 3 heteroatoms. The van der Waals surface area contributed by atoms with Gasteiger partial charge in [0.25, 0.3) is 0 Å². The average Bonchev–Trinajstić information content (AvgIpc) is 1.90. The highest BCUT2D eigenvalue weighted by atomic mass is 35.5. The van der Waals surface area contributed by atoms with Crippen molar-refractivity contribution in [2.24, 2.45) is 0 Å². The van der Waals surface area contributed by atoms with Gasteiger partial charge in [-0.15, -0.1) is 0 Å². The predicted molar refractivity (Wildman–Crippen MR) is 33.9 cm³/mol. The first kappa shape index (κ1) is 6.49. The molecule has 1 heterocycles. The van der Waals surface area contributed by atoms with Crippen LogP contribution in [0.5, 0.6) is 0 Å². The van der Waals surface area contributed by atoms with Crippen LogP contribution in [0.15, 0.2) is 24.5 Å². The molecule has 0 spiro atoms. The van der Waals surface area contributed by atoms with Gasteiger partial charge in [0.15, 0.2) is 5.63 Å². The second kappa shape index (κ2) is 2.78. The number of alkyl halides is 2. The molecule has 0 saturated carbocycles. The van der Waals surface area contributed by atoms with E-state index in [1.54, 1.807) is 18.3 Å². The van der Waals surface area contributed by atoms with Gasteiger partial charge in [-0.1, -0.05) is 17.7 Å². The number of hydrogen-bond donors (Lipinski definition) is 0. The lowest BCUT2D eigenvalue weighted by Crippen LogP contribution is -1.81. The van der Waals surface area contributed by atoms with E-state index < -0.39 is 5.63 Å². The molecular weight excluding hydrogens is 141 g/mol. The number of aromatic nitrogens is 1. The van der Waals surface area contributed by atoms with E-state index in [0.29, 0.717) is 5.56 Å². The molecule has 1 nitrogen and oxygen atoms in total. The van der Waals surface area contributed by atoms with Gasteiger partial charge in [0.05, 0.1) is 0 Å². The minimum Gasteiger partial charge on any atom is -0.264 e. The Morgan fingerprint density at radius 1 is 1.67 bits per heavy atom. The molecule has 0 fully saturated rings. The van der Waals surface area contributed by atoms with Gasteiger partial charge in [0, 0.05) is 18.0 Å². The first-order chi connectivity index (χ1) is 4.30. The van der Waals surface area contributed by atoms with E-state index in [2.05, 4.69) is 4.98 Å². The maximum atomic E-state index is 12.2. The lowest BCUT2D eigenvalue weighted by atomic mass is 10.3. The Bertz CT molecular complexity index is 176. The van der Waals surface area contributed by atoms with Crippen LogP contribution in [0.2, 0.25) is 0 Å². The van der Waals surface area contributed by atoms with Gasteiger partial charge in [-0.3, -0.25) is 4.98 Å². The number of nitrogens with zero attached hydrogens (tertiary/aromatic N) is 1. The zero-order valence-corrected chi connectivity index (χ0v) is 5.35. The molecule has 1 atom stereocenters. The van der Waals surface area contributed by atoms with Crippen molar-refractivity contribution >= 4 is 11.6 Å². The van der Waals surface area contributed by atoms with Crippen molar-refractivity contribution in [3.05, 3.63) is 30.1 Å². The molecule has 0 aliphatic carbocycles. The number of hydrogen-bond acceptors (Lipinski definition) is 1. The highest BCUT2D eigenvalue weighted by Crippen LogP contribution is 2.19. The van der Waals surface area contributed by atoms with E-state index in [1.807, 2.05) is 0 Å². The van der Waals surface area contributed by atoms with Crippen molar-refractivity contribution in [3.8, 4) is 0 Å². The minimum atomic E-state index is -1.43. The van der Waals surface area contributed by atoms with Crippen LogP contribution in [-0.4, -0.2) is 4.98 Å². The van der Waals surface area contributed by atoms with Crippen molar-refractivity contribution in [2.75, 3.05) is 0 Å². The largest absolute Gasteiger partial charge is 0.264 e. The summed E-state index contributed by atoms with van der Waals surface area (Å²) in [5.41, 5.74) is -1.03. The Morgan fingerprint density at radius 3 is 2.78 bits per heavy atom. The summed E-state index contributed by atoms with van der Waals surface area (Å²) in [4.78, 5) is 3.68. The topological polar surface area (TPSA) is 12.9 Å². The molecule has 0 aliphatic rings. The monoisotopic (exact) mass is 145 g/mol. The Balaban J connectivity index is 2.85. The molecular formula is C6H5ClFN. The fourth-order valence-corrected chi connectivity index (χ4v) is 0.634. The average molecular weight is 146 g/mol. The third-order valence-corrected chi connectivity index (χ3v) is 1.19. The van der Waals surface area contributed by atoms with E-state index >= 15 is 0 Å². The van der Waals surface area contributed by atoms with E-state index in [4.69, 9.17) is 11.6 Å². The Kier molecular flexibility index (Phi) is 2.01. The van der Waals surface area contributed by atoms with Gasteiger partial charge in [0.1, 0.15) is 0 Å². The Morgan fingerprint density at radius 2 is 2.44 bits per heavy atom. The summed E-state index contributed by atoms with van der Waals surface area (Å²) in [6.07, 6.45) is 2.97. The van der Waals surface area contributed by atoms with Crippen molar-refractivity contribution in [1.29, 1.82) is 0 Å². The molecule has 1 rings (SSSR count). The summed E-state index contributed by atoms with van der Waals surface area (Å²) in [6, 6.07) is 3.23. The van der Waals surface area contributed by atoms with Gasteiger partial charge in [0.2, 0.25) is 0 Å². The minimum absolute atomic E-state index is 0.402. The van der Waals surface area contributed by atoms with Crippen molar-refractivity contribution in [2.45, 2.75) is 5.63 Å². The molecule has 0 saturated heterocycles. The van der Waals surface area contributed by atoms with Crippen LogP contribution in [0, 0.1) is 0 Å². The molecule has 48 valence electrons. The molecule has 1 aromatic rings. The maximum Gasteiger partial charge on any atom is 0.200 e. The molecule has 0 aliphatic heterocycles. The third kappa shape index (κ3) is 1.64. The van der Waals surface area contributed by atoms with Gasteiger partial charge < -0.3 is 0 Å². The third-order valence-electron chi connectivity index (χ3n) is 0.936. The summed E-state index contributed by atoms with van der Waals surface area (Å²) in [5, 5.41) is 0. The lowest BCUT2D eigenvalue weighted by molar-refractivity contribution is 0.459. The van der Waals surface area contributed by atoms with Crippen LogP contribution < -0.4 is 0 Å². The van der Waals surface area contributed by atoms with Crippen LogP contribution in [0.25, 0.3) is 0 Å². The molecule has 0 amide bonds. The summed E-state index contributed by atoms with van der Waals surface area (Å²) in [7, 11) is 0. The van der Waals surface area contributed by atoms with Crippen molar-refractivity contribution in [1.82, 2.24) is 4.98 Å². The van der Waals surface area contributed by atoms with E-state index in [1.165, 1.54) is 6.20 Å². The second-order valence-corrected chi connectivity index (χ2v) is 1.97. The summed E-state index contributed by atoms with van der Waals surface area (Å²) in [5.74, 6) is 0. The molecule has 0 radical (unpaired) electrons. The van der Waals surface area contributed by atoms with Crippen molar-refractivity contribution < 1.29 is 4.39 Å². The molecule has 1 aromatic heterocycles. The fourth-order valence-electron chi connectivity index (χ4n) is 0.505. The number of rotatable bonds is 1. The van der Waals surface area contributed by atoms with Crippen LogP contribution in [0.1, 0.15) is 11.2 Å². The van der Waals surface area contributed by atoms with E-state index in [-0.39, 0.29) is 0 Å². The summed E-state index contributed by atoms with van der Waals surface area (Å²) < 4.78 is 12.2. The Labute approximate surface area is 57.5 Å². The SMILES string of the molecule is FC(Cl)c1cccnc1. The normalized spacial score (nSPS) is 13.1. The predicted octanol–water partition coefficient (Wildman–Crippen LogP) is 2.29. The molecule has 0 aromatic carbocycles. The second-order valence-electron chi connectivity index (χ2n) is 1.59. The van der Waals surface area contributed by atoms with E-state index in [9.17, 15) is 4.39 Å². The van der Waals surface area contributed by atoms with E-state index in [0.717, 1.165) is 0 Å². The van der Waals surface area contributed by atoms with Gasteiger partial charge in [-0.2, -0.15) is 0 Å². The van der Waals surface area contributed by atoms with Gasteiger partial charge in [-0.25, -0.2) is 4.39 Å². The molecule has 0 N–H and O–H groups in total. The highest BCUT2D eigenvalue weighted by molar-refractivity contribution is 6.19. The first-order valence-corrected chi connectivity index (χ1v) is 2.92. The quantitative estimate of drug-likeness (QED) is 0.553.